The highest BCUT2D eigenvalue weighted by molar-refractivity contribution is 5.85. The van der Waals surface area contributed by atoms with E-state index in [2.05, 4.69) is 15.5 Å². The Hall–Kier alpha value is -1.96. The molecule has 1 heterocycles. The topological polar surface area (TPSA) is 123 Å². The van der Waals surface area contributed by atoms with Crippen LogP contribution in [0.25, 0.3) is 0 Å². The van der Waals surface area contributed by atoms with Crippen molar-refractivity contribution in [2.24, 2.45) is 12.8 Å². The van der Waals surface area contributed by atoms with Gasteiger partial charge in [-0.25, -0.2) is 0 Å². The third kappa shape index (κ3) is 4.19. The van der Waals surface area contributed by atoms with Crippen LogP contribution >= 0.6 is 0 Å². The summed E-state index contributed by atoms with van der Waals surface area (Å²) in [6.45, 7) is 0.346. The van der Waals surface area contributed by atoms with E-state index in [1.807, 2.05) is 0 Å². The lowest BCUT2D eigenvalue weighted by Gasteiger charge is -2.09. The summed E-state index contributed by atoms with van der Waals surface area (Å²) in [7, 11) is 1.80. The number of carbonyl (C=O) groups excluding carboxylic acids is 1. The van der Waals surface area contributed by atoms with Crippen LogP contribution in [0.1, 0.15) is 12.2 Å². The molecule has 0 spiro atoms. The van der Waals surface area contributed by atoms with E-state index in [4.69, 9.17) is 10.8 Å². The zero-order chi connectivity index (χ0) is 12.8. The molecule has 1 atom stereocenters. The first-order chi connectivity index (χ1) is 8.00. The maximum atomic E-state index is 11.3. The maximum absolute atomic E-state index is 11.3. The lowest BCUT2D eigenvalue weighted by molar-refractivity contribution is -0.139. The molecule has 8 nitrogen and oxygen atoms in total. The summed E-state index contributed by atoms with van der Waals surface area (Å²) in [6.07, 6.45) is 1.70. The monoisotopic (exact) mass is 241 g/mol. The molecule has 0 aliphatic heterocycles. The lowest BCUT2D eigenvalue weighted by atomic mass is 10.2. The van der Waals surface area contributed by atoms with Crippen LogP contribution in [-0.2, 0) is 23.1 Å². The van der Waals surface area contributed by atoms with Crippen molar-refractivity contribution in [2.45, 2.75) is 18.9 Å². The number of rotatable bonds is 6. The van der Waals surface area contributed by atoms with Gasteiger partial charge in [0.05, 0.1) is 12.5 Å². The van der Waals surface area contributed by atoms with Crippen molar-refractivity contribution in [1.29, 1.82) is 0 Å². The van der Waals surface area contributed by atoms with Crippen molar-refractivity contribution in [1.82, 2.24) is 20.1 Å². The van der Waals surface area contributed by atoms with Crippen LogP contribution in [0.15, 0.2) is 6.33 Å². The van der Waals surface area contributed by atoms with E-state index < -0.39 is 17.9 Å². The maximum Gasteiger partial charge on any atom is 0.305 e. The van der Waals surface area contributed by atoms with Gasteiger partial charge in [0.25, 0.3) is 0 Å². The van der Waals surface area contributed by atoms with Crippen molar-refractivity contribution in [3.8, 4) is 0 Å². The van der Waals surface area contributed by atoms with Gasteiger partial charge in [-0.3, -0.25) is 9.59 Å². The average molecular weight is 241 g/mol. The minimum absolute atomic E-state index is 0.346. The van der Waals surface area contributed by atoms with Crippen LogP contribution in [0, 0.1) is 0 Å². The summed E-state index contributed by atoms with van der Waals surface area (Å²) in [5, 5.41) is 18.5. The van der Waals surface area contributed by atoms with Gasteiger partial charge in [0, 0.05) is 20.0 Å². The molecule has 0 aliphatic rings. The van der Waals surface area contributed by atoms with E-state index in [-0.39, 0.29) is 6.42 Å². The molecule has 0 radical (unpaired) electrons. The predicted octanol–water partition coefficient (Wildman–Crippen LogP) is -1.72. The minimum atomic E-state index is -1.10. The minimum Gasteiger partial charge on any atom is -0.481 e. The molecule has 1 rings (SSSR count). The number of aryl methyl sites for hydroxylation is 1. The Morgan fingerprint density at radius 2 is 2.35 bits per heavy atom. The zero-order valence-electron chi connectivity index (χ0n) is 9.46. The van der Waals surface area contributed by atoms with Gasteiger partial charge in [-0.1, -0.05) is 0 Å². The number of nitrogens with one attached hydrogen (secondary N) is 1. The SMILES string of the molecule is Cn1cnnc1CCNC(=O)C(N)CC(=O)O. The van der Waals surface area contributed by atoms with Gasteiger partial charge in [0.15, 0.2) is 0 Å². The molecule has 94 valence electrons. The third-order valence-corrected chi connectivity index (χ3v) is 2.18. The number of carboxylic acids is 1. The Morgan fingerprint density at radius 1 is 1.65 bits per heavy atom. The molecule has 4 N–H and O–H groups in total. The van der Waals surface area contributed by atoms with Gasteiger partial charge in [-0.05, 0) is 0 Å². The van der Waals surface area contributed by atoms with Crippen molar-refractivity contribution in [2.75, 3.05) is 6.54 Å². The predicted molar refractivity (Wildman–Crippen MR) is 57.9 cm³/mol. The molecular formula is C9H15N5O3. The Balaban J connectivity index is 2.29. The molecule has 0 saturated heterocycles. The fraction of sp³-hybridized carbons (Fsp3) is 0.556. The van der Waals surface area contributed by atoms with Gasteiger partial charge >= 0.3 is 5.97 Å². The lowest BCUT2D eigenvalue weighted by Crippen LogP contribution is -2.42. The first-order valence-electron chi connectivity index (χ1n) is 5.08. The molecule has 0 fully saturated rings. The number of carboxylic acid groups (broad SMARTS) is 1. The van der Waals surface area contributed by atoms with Gasteiger partial charge in [-0.2, -0.15) is 0 Å². The number of nitrogens with zero attached hydrogens (tertiary/aromatic N) is 3. The first-order valence-corrected chi connectivity index (χ1v) is 5.08. The van der Waals surface area contributed by atoms with E-state index in [9.17, 15) is 9.59 Å². The number of nitrogens with two attached hydrogens (primary N) is 1. The van der Waals surface area contributed by atoms with Crippen LogP contribution in [0.4, 0.5) is 0 Å². The van der Waals surface area contributed by atoms with E-state index in [1.165, 1.54) is 0 Å². The van der Waals surface area contributed by atoms with E-state index in [0.29, 0.717) is 13.0 Å². The molecule has 1 amide bonds. The van der Waals surface area contributed by atoms with Gasteiger partial charge in [0.1, 0.15) is 12.2 Å². The molecule has 0 aliphatic carbocycles. The molecule has 0 bridgehead atoms. The number of aliphatic carboxylic acids is 1. The second-order valence-electron chi connectivity index (χ2n) is 3.60. The molecule has 1 aromatic rings. The Kier molecular flexibility index (Phi) is 4.58. The molecule has 0 saturated carbocycles. The average Bonchev–Trinajstić information content (AvgIpc) is 2.63. The quantitative estimate of drug-likeness (QED) is 0.544. The van der Waals surface area contributed by atoms with Crippen LogP contribution in [0.2, 0.25) is 0 Å². The number of hydrogen-bond acceptors (Lipinski definition) is 5. The highest BCUT2D eigenvalue weighted by Crippen LogP contribution is 1.92. The number of aromatic nitrogens is 3. The number of carbonyl (C=O) groups is 2. The molecule has 8 heteroatoms. The van der Waals surface area contributed by atoms with E-state index in [1.54, 1.807) is 17.9 Å². The normalized spacial score (nSPS) is 12.1. The smallest absolute Gasteiger partial charge is 0.305 e. The van der Waals surface area contributed by atoms with Crippen LogP contribution in [0.5, 0.6) is 0 Å². The first kappa shape index (κ1) is 13.1. The summed E-state index contributed by atoms with van der Waals surface area (Å²) >= 11 is 0. The van der Waals surface area contributed by atoms with Crippen molar-refractivity contribution >= 4 is 11.9 Å². The Morgan fingerprint density at radius 3 is 2.88 bits per heavy atom. The number of amides is 1. The standard InChI is InChI=1S/C9H15N5O3/c1-14-5-12-13-7(14)2-3-11-9(17)6(10)4-8(15)16/h5-6H,2-4,10H2,1H3,(H,11,17)(H,15,16). The molecule has 1 unspecified atom stereocenters. The largest absolute Gasteiger partial charge is 0.481 e. The molecule has 17 heavy (non-hydrogen) atoms. The second-order valence-corrected chi connectivity index (χ2v) is 3.60. The second kappa shape index (κ2) is 5.94. The van der Waals surface area contributed by atoms with E-state index in [0.717, 1.165) is 5.82 Å². The Bertz CT molecular complexity index is 403. The van der Waals surface area contributed by atoms with Gasteiger partial charge in [0.2, 0.25) is 5.91 Å². The summed E-state index contributed by atoms with van der Waals surface area (Å²) in [4.78, 5) is 21.7. The van der Waals surface area contributed by atoms with E-state index >= 15 is 0 Å². The van der Waals surface area contributed by atoms with Gasteiger partial charge < -0.3 is 20.7 Å². The molecule has 0 aromatic carbocycles. The van der Waals surface area contributed by atoms with Crippen LogP contribution in [0.3, 0.4) is 0 Å². The Labute approximate surface area is 97.8 Å². The third-order valence-electron chi connectivity index (χ3n) is 2.18. The summed E-state index contributed by atoms with van der Waals surface area (Å²) in [6, 6.07) is -1.02. The highest BCUT2D eigenvalue weighted by atomic mass is 16.4. The highest BCUT2D eigenvalue weighted by Gasteiger charge is 2.16. The molecular weight excluding hydrogens is 226 g/mol. The summed E-state index contributed by atoms with van der Waals surface area (Å²) < 4.78 is 1.74. The van der Waals surface area contributed by atoms with Crippen LogP contribution in [-0.4, -0.2) is 44.3 Å². The van der Waals surface area contributed by atoms with Crippen molar-refractivity contribution in [3.05, 3.63) is 12.2 Å². The van der Waals surface area contributed by atoms with Crippen LogP contribution < -0.4 is 11.1 Å². The summed E-state index contributed by atoms with van der Waals surface area (Å²) in [5.41, 5.74) is 5.38. The zero-order valence-corrected chi connectivity index (χ0v) is 9.46. The van der Waals surface area contributed by atoms with Crippen molar-refractivity contribution in [3.63, 3.8) is 0 Å². The van der Waals surface area contributed by atoms with Gasteiger partial charge in [-0.15, -0.1) is 10.2 Å². The number of hydrogen-bond donors (Lipinski definition) is 3. The fourth-order valence-corrected chi connectivity index (χ4v) is 1.24. The molecule has 1 aromatic heterocycles. The van der Waals surface area contributed by atoms with Crippen molar-refractivity contribution < 1.29 is 14.7 Å². The summed E-state index contributed by atoms with van der Waals surface area (Å²) in [5.74, 6) is -0.840. The fourth-order valence-electron chi connectivity index (χ4n) is 1.24.